The van der Waals surface area contributed by atoms with E-state index in [2.05, 4.69) is 47.6 Å². The van der Waals surface area contributed by atoms with Crippen molar-refractivity contribution in [1.29, 1.82) is 0 Å². The summed E-state index contributed by atoms with van der Waals surface area (Å²) in [6.45, 7) is 4.00. The number of ether oxygens (including phenoxy) is 1. The second-order valence-corrected chi connectivity index (χ2v) is 9.60. The minimum Gasteiger partial charge on any atom is -0.492 e. The molecule has 182 valence electrons. The van der Waals surface area contributed by atoms with Crippen LogP contribution in [0.5, 0.6) is 5.75 Å². The summed E-state index contributed by atoms with van der Waals surface area (Å²) < 4.78 is 5.90. The lowest BCUT2D eigenvalue weighted by molar-refractivity contribution is -0.122. The molecular formula is C25H30N8O2. The Kier molecular flexibility index (Phi) is 5.73. The van der Waals surface area contributed by atoms with Crippen molar-refractivity contribution in [3.63, 3.8) is 0 Å². The number of primary amides is 1. The number of carbonyl (C=O) groups is 1. The van der Waals surface area contributed by atoms with Crippen LogP contribution in [0, 0.1) is 17.8 Å². The molecule has 10 nitrogen and oxygen atoms in total. The number of H-pyrrole nitrogens is 1. The number of fused-ring (bicyclic) bond motifs is 3. The van der Waals surface area contributed by atoms with Gasteiger partial charge in [0.05, 0.1) is 5.92 Å². The predicted molar refractivity (Wildman–Crippen MR) is 133 cm³/mol. The summed E-state index contributed by atoms with van der Waals surface area (Å²) in [5.74, 6) is 2.47. The van der Waals surface area contributed by atoms with Crippen molar-refractivity contribution in [1.82, 2.24) is 24.8 Å². The normalized spacial score (nSPS) is 25.4. The first kappa shape index (κ1) is 21.8. The molecule has 2 fully saturated rings. The van der Waals surface area contributed by atoms with E-state index in [1.807, 2.05) is 24.3 Å². The third-order valence-corrected chi connectivity index (χ3v) is 7.37. The quantitative estimate of drug-likeness (QED) is 0.348. The molecule has 1 amide bonds. The van der Waals surface area contributed by atoms with Gasteiger partial charge in [-0.1, -0.05) is 12.2 Å². The van der Waals surface area contributed by atoms with Gasteiger partial charge in [-0.15, -0.1) is 0 Å². The zero-order valence-electron chi connectivity index (χ0n) is 19.5. The lowest BCUT2D eigenvalue weighted by atomic mass is 9.88. The molecule has 1 aromatic carbocycles. The largest absolute Gasteiger partial charge is 0.492 e. The number of nitrogens with two attached hydrogens (primary N) is 1. The number of amides is 1. The highest BCUT2D eigenvalue weighted by Crippen LogP contribution is 2.45. The molecule has 3 aliphatic heterocycles. The van der Waals surface area contributed by atoms with Gasteiger partial charge < -0.3 is 26.1 Å². The summed E-state index contributed by atoms with van der Waals surface area (Å²) in [4.78, 5) is 31.1. The van der Waals surface area contributed by atoms with Crippen LogP contribution in [0.3, 0.4) is 0 Å². The van der Waals surface area contributed by atoms with Crippen LogP contribution < -0.4 is 21.1 Å². The van der Waals surface area contributed by atoms with Crippen LogP contribution in [0.2, 0.25) is 0 Å². The Morgan fingerprint density at radius 1 is 1.14 bits per heavy atom. The maximum atomic E-state index is 12.1. The topological polar surface area (TPSA) is 134 Å². The Labute approximate surface area is 203 Å². The second-order valence-electron chi connectivity index (χ2n) is 9.60. The van der Waals surface area contributed by atoms with E-state index in [0.29, 0.717) is 29.9 Å². The van der Waals surface area contributed by atoms with Crippen molar-refractivity contribution in [3.8, 4) is 17.3 Å². The van der Waals surface area contributed by atoms with Gasteiger partial charge in [0.2, 0.25) is 11.9 Å². The van der Waals surface area contributed by atoms with Crippen LogP contribution in [0.4, 0.5) is 17.5 Å². The molecule has 1 aromatic rings. The standard InChI is InChI=1S/C25H30N8O2/c26-22(34)19-15-3-4-16(13-15)20(19)30-24-21-23(28-14-27-21)31-25(32-24)29-17-5-7-18(8-6-17)35-12-11-33-9-1-2-10-33/h3-8,14-16,19-20H,1-2,9-13H2,(H2,26,34)(H3,27,28,29,30,31,32). The lowest BCUT2D eigenvalue weighted by Crippen LogP contribution is -2.41. The Morgan fingerprint density at radius 2 is 1.94 bits per heavy atom. The summed E-state index contributed by atoms with van der Waals surface area (Å²) in [6, 6.07) is 7.72. The number of nitrogens with zero attached hydrogens (tertiary/aromatic N) is 4. The zero-order valence-corrected chi connectivity index (χ0v) is 19.5. The van der Waals surface area contributed by atoms with Crippen molar-refractivity contribution in [2.75, 3.05) is 36.9 Å². The van der Waals surface area contributed by atoms with Gasteiger partial charge >= 0.3 is 0 Å². The number of aromatic amines is 1. The highest BCUT2D eigenvalue weighted by molar-refractivity contribution is 5.80. The smallest absolute Gasteiger partial charge is 0.223 e. The molecule has 6 rings (SSSR count). The molecule has 3 heterocycles. The fourth-order valence-electron chi connectivity index (χ4n) is 5.64. The van der Waals surface area contributed by atoms with E-state index in [4.69, 9.17) is 10.5 Å². The monoisotopic (exact) mass is 474 g/mol. The number of carbonyl (C=O) groups excluding carboxylic acids is 1. The van der Waals surface area contributed by atoms with E-state index >= 15 is 0 Å². The van der Waals surface area contributed by atoms with Crippen LogP contribution in [0.25, 0.3) is 11.5 Å². The molecule has 5 N–H and O–H groups in total. The number of benzene rings is 1. The highest BCUT2D eigenvalue weighted by Gasteiger charge is 2.47. The number of anilines is 3. The Hall–Kier alpha value is -3.66. The molecule has 0 radical (unpaired) electrons. The van der Waals surface area contributed by atoms with Gasteiger partial charge in [0.25, 0.3) is 0 Å². The molecule has 35 heavy (non-hydrogen) atoms. The molecule has 2 aliphatic carbocycles. The van der Waals surface area contributed by atoms with Gasteiger partial charge in [-0.3, -0.25) is 9.69 Å². The van der Waals surface area contributed by atoms with Crippen LogP contribution in [0.1, 0.15) is 19.3 Å². The summed E-state index contributed by atoms with van der Waals surface area (Å²) in [5, 5.41) is 6.80. The molecule has 1 saturated carbocycles. The number of hydrogen-bond donors (Lipinski definition) is 4. The molecule has 10 heteroatoms. The molecule has 1 saturated heterocycles. The molecule has 0 spiro atoms. The van der Waals surface area contributed by atoms with E-state index in [9.17, 15) is 4.79 Å². The van der Waals surface area contributed by atoms with Gasteiger partial charge in [0, 0.05) is 18.3 Å². The van der Waals surface area contributed by atoms with Gasteiger partial charge in [-0.25, -0.2) is 9.97 Å². The van der Waals surface area contributed by atoms with E-state index in [-0.39, 0.29) is 29.7 Å². The average molecular weight is 475 g/mol. The first-order chi connectivity index (χ1) is 17.1. The van der Waals surface area contributed by atoms with Gasteiger partial charge in [0.15, 0.2) is 5.82 Å². The number of allylic oxidation sites excluding steroid dienone is 1. The summed E-state index contributed by atoms with van der Waals surface area (Å²) in [6.07, 6.45) is 9.28. The number of imidazole rings is 1. The number of aromatic nitrogens is 4. The third-order valence-electron chi connectivity index (χ3n) is 7.37. The fraction of sp³-hybridized carbons (Fsp3) is 0.440. The number of hydrogen-bond acceptors (Lipinski definition) is 8. The van der Waals surface area contributed by atoms with Gasteiger partial charge in [0.1, 0.15) is 30.2 Å². The first-order valence-electron chi connectivity index (χ1n) is 12.3. The lowest BCUT2D eigenvalue weighted by Gasteiger charge is -2.28. The Morgan fingerprint density at radius 3 is 2.74 bits per heavy atom. The minimum absolute atomic E-state index is 0.0918. The minimum atomic E-state index is -0.278. The third kappa shape index (κ3) is 4.41. The number of rotatable bonds is 9. The number of nitrogens with one attached hydrogen (secondary N) is 3. The fourth-order valence-corrected chi connectivity index (χ4v) is 5.64. The van der Waals surface area contributed by atoms with Crippen LogP contribution in [0.15, 0.2) is 42.7 Å². The maximum absolute atomic E-state index is 12.1. The van der Waals surface area contributed by atoms with E-state index < -0.39 is 0 Å². The molecule has 4 unspecified atom stereocenters. The van der Waals surface area contributed by atoms with Crippen molar-refractivity contribution in [3.05, 3.63) is 42.7 Å². The first-order valence-corrected chi connectivity index (χ1v) is 12.3. The van der Waals surface area contributed by atoms with Crippen molar-refractivity contribution >= 4 is 23.4 Å². The van der Waals surface area contributed by atoms with E-state index in [1.165, 1.54) is 32.3 Å². The van der Waals surface area contributed by atoms with Crippen LogP contribution >= 0.6 is 0 Å². The van der Waals surface area contributed by atoms with Crippen molar-refractivity contribution in [2.45, 2.75) is 25.3 Å². The summed E-state index contributed by atoms with van der Waals surface area (Å²) >= 11 is 0. The van der Waals surface area contributed by atoms with Crippen LogP contribution in [-0.4, -0.2) is 63.0 Å². The molecule has 2 bridgehead atoms. The Balaban J connectivity index is 1.15. The maximum Gasteiger partial charge on any atom is 0.223 e. The van der Waals surface area contributed by atoms with E-state index in [0.717, 1.165) is 24.4 Å². The van der Waals surface area contributed by atoms with Crippen molar-refractivity contribution < 1.29 is 9.53 Å². The van der Waals surface area contributed by atoms with Crippen molar-refractivity contribution in [2.24, 2.45) is 23.5 Å². The van der Waals surface area contributed by atoms with E-state index in [1.54, 1.807) is 0 Å². The second kappa shape index (κ2) is 9.18. The predicted octanol–water partition coefficient (Wildman–Crippen LogP) is 2.61. The zero-order chi connectivity index (χ0) is 23.8. The Bertz CT molecular complexity index is 1190. The summed E-state index contributed by atoms with van der Waals surface area (Å²) in [5.41, 5.74) is 7.23. The summed E-state index contributed by atoms with van der Waals surface area (Å²) in [7, 11) is 0. The van der Waals surface area contributed by atoms with Crippen LogP contribution in [-0.2, 0) is 4.79 Å². The molecule has 0 aromatic heterocycles. The average Bonchev–Trinajstić information content (AvgIpc) is 3.65. The van der Waals surface area contributed by atoms with Gasteiger partial charge in [-0.05, 0) is 68.5 Å². The SMILES string of the molecule is NC(=O)C1C2C=CC(C2)C1Nc1[nH]c(Nc2ccc(OCCN3CCCC3)cc2)nc2ncnc1-2. The molecule has 4 atom stereocenters. The highest BCUT2D eigenvalue weighted by atomic mass is 16.5. The van der Waals surface area contributed by atoms with Gasteiger partial charge in [-0.2, -0.15) is 4.98 Å². The number of likely N-dealkylation sites (tertiary alicyclic amines) is 1. The molecular weight excluding hydrogens is 444 g/mol. The molecule has 5 aliphatic rings.